The third kappa shape index (κ3) is 5.37. The van der Waals surface area contributed by atoms with E-state index in [1.165, 1.54) is 24.5 Å². The average molecular weight is 508 g/mol. The van der Waals surface area contributed by atoms with Crippen molar-refractivity contribution in [3.8, 4) is 0 Å². The van der Waals surface area contributed by atoms with Crippen molar-refractivity contribution < 1.29 is 23.2 Å². The molecule has 0 saturated carbocycles. The van der Waals surface area contributed by atoms with Crippen molar-refractivity contribution in [2.75, 3.05) is 17.2 Å². The van der Waals surface area contributed by atoms with Crippen LogP contribution in [0.4, 0.5) is 15.8 Å². The van der Waals surface area contributed by atoms with Gasteiger partial charge >= 0.3 is 0 Å². The molecule has 0 aliphatic carbocycles. The standard InChI is InChI=1S/C22H23ClFN5O4S/c1-11(2)7-8-27-21(31)18(15-4-3-9-33-15)29(12-5-6-14(24)13(23)10-12)22(32)19-16(25)17(20(26)30)28-34-19/h3-6,9-11,18H,7-8,25H2,1-2H3,(H2,26,30)(H,27,31)/t18-/m0/s1. The third-order valence-electron chi connectivity index (χ3n) is 4.90. The second kappa shape index (κ2) is 10.7. The molecule has 0 radical (unpaired) electrons. The van der Waals surface area contributed by atoms with E-state index in [9.17, 15) is 18.8 Å². The molecule has 0 bridgehead atoms. The summed E-state index contributed by atoms with van der Waals surface area (Å²) in [4.78, 5) is 39.6. The fraction of sp³-hybridized carbons (Fsp3) is 0.273. The predicted octanol–water partition coefficient (Wildman–Crippen LogP) is 3.76. The number of aromatic nitrogens is 1. The van der Waals surface area contributed by atoms with Gasteiger partial charge < -0.3 is 21.2 Å². The Bertz CT molecular complexity index is 1200. The molecule has 0 fully saturated rings. The van der Waals surface area contributed by atoms with E-state index in [-0.39, 0.29) is 32.7 Å². The Kier molecular flexibility index (Phi) is 7.90. The number of halogens is 2. The number of amides is 3. The van der Waals surface area contributed by atoms with Crippen molar-refractivity contribution in [3.05, 3.63) is 63.8 Å². The highest BCUT2D eigenvalue weighted by Crippen LogP contribution is 2.35. The van der Waals surface area contributed by atoms with Gasteiger partial charge in [0.05, 0.1) is 17.0 Å². The van der Waals surface area contributed by atoms with Crippen LogP contribution in [0.15, 0.2) is 41.0 Å². The van der Waals surface area contributed by atoms with Gasteiger partial charge in [-0.15, -0.1) is 0 Å². The fourth-order valence-corrected chi connectivity index (χ4v) is 4.08. The first-order valence-corrected chi connectivity index (χ1v) is 11.4. The van der Waals surface area contributed by atoms with Gasteiger partial charge in [-0.2, -0.15) is 4.37 Å². The second-order valence-electron chi connectivity index (χ2n) is 7.80. The van der Waals surface area contributed by atoms with Crippen molar-refractivity contribution in [2.24, 2.45) is 11.7 Å². The fourth-order valence-electron chi connectivity index (χ4n) is 3.16. The Morgan fingerprint density at radius 2 is 2.03 bits per heavy atom. The van der Waals surface area contributed by atoms with Crippen LogP contribution in [0.25, 0.3) is 0 Å². The number of nitrogens with one attached hydrogen (secondary N) is 1. The minimum absolute atomic E-state index is 0.102. The van der Waals surface area contributed by atoms with Gasteiger partial charge in [0, 0.05) is 12.2 Å². The number of primary amides is 1. The molecule has 0 aliphatic heterocycles. The van der Waals surface area contributed by atoms with Crippen LogP contribution >= 0.6 is 23.1 Å². The summed E-state index contributed by atoms with van der Waals surface area (Å²) in [6, 6.07) is 5.37. The molecule has 3 amide bonds. The Labute approximate surface area is 204 Å². The van der Waals surface area contributed by atoms with Crippen LogP contribution in [0.2, 0.25) is 5.02 Å². The highest BCUT2D eigenvalue weighted by atomic mass is 35.5. The first kappa shape index (κ1) is 25.2. The first-order valence-electron chi connectivity index (χ1n) is 10.3. The van der Waals surface area contributed by atoms with Gasteiger partial charge in [0.1, 0.15) is 16.5 Å². The largest absolute Gasteiger partial charge is 0.467 e. The van der Waals surface area contributed by atoms with Crippen molar-refractivity contribution in [2.45, 2.75) is 26.3 Å². The monoisotopic (exact) mass is 507 g/mol. The van der Waals surface area contributed by atoms with Crippen molar-refractivity contribution in [1.82, 2.24) is 9.69 Å². The van der Waals surface area contributed by atoms with Gasteiger partial charge in [0.15, 0.2) is 11.7 Å². The van der Waals surface area contributed by atoms with Crippen LogP contribution in [-0.2, 0) is 4.79 Å². The van der Waals surface area contributed by atoms with E-state index in [0.717, 1.165) is 11.0 Å². The van der Waals surface area contributed by atoms with Crippen molar-refractivity contribution in [3.63, 3.8) is 0 Å². The zero-order chi connectivity index (χ0) is 25.0. The van der Waals surface area contributed by atoms with Crippen LogP contribution < -0.4 is 21.7 Å². The van der Waals surface area contributed by atoms with Crippen LogP contribution in [0, 0.1) is 11.7 Å². The van der Waals surface area contributed by atoms with E-state index in [4.69, 9.17) is 27.5 Å². The Morgan fingerprint density at radius 3 is 2.59 bits per heavy atom. The number of nitrogen functional groups attached to an aromatic ring is 1. The number of nitrogens with zero attached hydrogens (tertiary/aromatic N) is 2. The van der Waals surface area contributed by atoms with Crippen LogP contribution in [-0.4, -0.2) is 28.6 Å². The Morgan fingerprint density at radius 1 is 1.29 bits per heavy atom. The summed E-state index contributed by atoms with van der Waals surface area (Å²) in [5, 5.41) is 2.55. The molecule has 1 aromatic carbocycles. The molecule has 2 aromatic heterocycles. The lowest BCUT2D eigenvalue weighted by atomic mass is 10.1. The van der Waals surface area contributed by atoms with Gasteiger partial charge in [-0.25, -0.2) is 4.39 Å². The van der Waals surface area contributed by atoms with Gasteiger partial charge in [0.25, 0.3) is 17.7 Å². The number of benzene rings is 1. The Balaban J connectivity index is 2.13. The summed E-state index contributed by atoms with van der Waals surface area (Å²) >= 11 is 6.64. The number of carbonyl (C=O) groups excluding carboxylic acids is 3. The van der Waals surface area contributed by atoms with Gasteiger partial charge in [0.2, 0.25) is 0 Å². The molecular formula is C22H23ClFN5O4S. The maximum atomic E-state index is 13.9. The topological polar surface area (TPSA) is 145 Å². The summed E-state index contributed by atoms with van der Waals surface area (Å²) in [5.74, 6) is -2.44. The van der Waals surface area contributed by atoms with E-state index in [1.54, 1.807) is 6.07 Å². The third-order valence-corrected chi connectivity index (χ3v) is 6.04. The number of hydrogen-bond donors (Lipinski definition) is 3. The molecule has 0 spiro atoms. The molecule has 34 heavy (non-hydrogen) atoms. The predicted molar refractivity (Wildman–Crippen MR) is 127 cm³/mol. The number of carbonyl (C=O) groups is 3. The van der Waals surface area contributed by atoms with Crippen LogP contribution in [0.1, 0.15) is 52.2 Å². The highest BCUT2D eigenvalue weighted by Gasteiger charge is 2.37. The molecule has 9 nitrogen and oxygen atoms in total. The molecular weight excluding hydrogens is 485 g/mol. The summed E-state index contributed by atoms with van der Waals surface area (Å²) in [5.41, 5.74) is 10.9. The number of hydrogen-bond acceptors (Lipinski definition) is 7. The van der Waals surface area contributed by atoms with Gasteiger partial charge in [-0.3, -0.25) is 19.3 Å². The molecule has 3 aromatic rings. The molecule has 3 rings (SSSR count). The molecule has 12 heteroatoms. The van der Waals surface area contributed by atoms with Crippen LogP contribution in [0.5, 0.6) is 0 Å². The van der Waals surface area contributed by atoms with E-state index in [1.807, 2.05) is 13.8 Å². The summed E-state index contributed by atoms with van der Waals surface area (Å²) in [6.45, 7) is 4.37. The zero-order valence-electron chi connectivity index (χ0n) is 18.4. The van der Waals surface area contributed by atoms with E-state index in [2.05, 4.69) is 9.69 Å². The number of anilines is 2. The van der Waals surface area contributed by atoms with E-state index >= 15 is 0 Å². The number of furan rings is 1. The zero-order valence-corrected chi connectivity index (χ0v) is 20.0. The first-order chi connectivity index (χ1) is 16.1. The normalized spacial score (nSPS) is 11.9. The molecule has 5 N–H and O–H groups in total. The molecule has 1 atom stereocenters. The number of nitrogens with two attached hydrogens (primary N) is 2. The van der Waals surface area contributed by atoms with Crippen molar-refractivity contribution >= 4 is 52.2 Å². The quantitative estimate of drug-likeness (QED) is 0.402. The molecule has 2 heterocycles. The Hall–Kier alpha value is -3.44. The smallest absolute Gasteiger partial charge is 0.273 e. The molecule has 0 aliphatic rings. The van der Waals surface area contributed by atoms with Gasteiger partial charge in [-0.1, -0.05) is 25.4 Å². The molecule has 0 saturated heterocycles. The minimum Gasteiger partial charge on any atom is -0.467 e. The average Bonchev–Trinajstić information content (AvgIpc) is 3.43. The summed E-state index contributed by atoms with van der Waals surface area (Å²) in [6.07, 6.45) is 2.06. The van der Waals surface area contributed by atoms with Crippen LogP contribution in [0.3, 0.4) is 0 Å². The maximum Gasteiger partial charge on any atom is 0.273 e. The van der Waals surface area contributed by atoms with Crippen molar-refractivity contribution in [1.29, 1.82) is 0 Å². The SMILES string of the molecule is CC(C)CCNC(=O)[C@H](c1ccco1)N(C(=O)c1snc(C(N)=O)c1N)c1ccc(F)c(Cl)c1. The molecule has 0 unspecified atom stereocenters. The van der Waals surface area contributed by atoms with E-state index in [0.29, 0.717) is 30.4 Å². The van der Waals surface area contributed by atoms with E-state index < -0.39 is 29.6 Å². The highest BCUT2D eigenvalue weighted by molar-refractivity contribution is 7.09. The maximum absolute atomic E-state index is 13.9. The summed E-state index contributed by atoms with van der Waals surface area (Å²) < 4.78 is 23.3. The van der Waals surface area contributed by atoms with Gasteiger partial charge in [-0.05, 0) is 54.2 Å². The lowest BCUT2D eigenvalue weighted by molar-refractivity contribution is -0.122. The minimum atomic E-state index is -1.30. The number of rotatable bonds is 9. The second-order valence-corrected chi connectivity index (χ2v) is 8.98. The molecule has 180 valence electrons. The lowest BCUT2D eigenvalue weighted by Crippen LogP contribution is -2.44. The summed E-state index contributed by atoms with van der Waals surface area (Å²) in [7, 11) is 0. The lowest BCUT2D eigenvalue weighted by Gasteiger charge is -2.30.